The molecule has 3 aliphatic rings. The molecule has 1 amide bonds. The van der Waals surface area contributed by atoms with Gasteiger partial charge in [-0.25, -0.2) is 4.98 Å². The minimum atomic E-state index is -0.547. The van der Waals surface area contributed by atoms with Gasteiger partial charge in [-0.2, -0.15) is 0 Å². The van der Waals surface area contributed by atoms with Crippen LogP contribution < -0.4 is 19.5 Å². The van der Waals surface area contributed by atoms with E-state index < -0.39 is 5.41 Å². The number of amides is 1. The van der Waals surface area contributed by atoms with E-state index in [0.717, 1.165) is 54.1 Å². The Kier molecular flexibility index (Phi) is 5.99. The molecule has 8 nitrogen and oxygen atoms in total. The molecule has 3 aromatic rings. The summed E-state index contributed by atoms with van der Waals surface area (Å²) in [5.41, 5.74) is 2.52. The third kappa shape index (κ3) is 4.16. The largest absolute Gasteiger partial charge is 0.496 e. The smallest absolute Gasteiger partial charge is 0.236 e. The van der Waals surface area contributed by atoms with Gasteiger partial charge in [0, 0.05) is 24.8 Å². The number of pyridine rings is 1. The van der Waals surface area contributed by atoms with Gasteiger partial charge in [0.15, 0.2) is 11.5 Å². The summed E-state index contributed by atoms with van der Waals surface area (Å²) in [4.78, 5) is 20.3. The summed E-state index contributed by atoms with van der Waals surface area (Å²) in [5.74, 6) is 2.75. The number of para-hydroxylation sites is 1. The van der Waals surface area contributed by atoms with Gasteiger partial charge in [-0.15, -0.1) is 0 Å². The molecule has 36 heavy (non-hydrogen) atoms. The lowest BCUT2D eigenvalue weighted by Gasteiger charge is -2.35. The normalized spacial score (nSPS) is 18.9. The van der Waals surface area contributed by atoms with Crippen LogP contribution in [0.1, 0.15) is 35.6 Å². The number of rotatable bonds is 7. The highest BCUT2D eigenvalue weighted by Gasteiger charge is 2.51. The van der Waals surface area contributed by atoms with E-state index in [1.807, 2.05) is 54.7 Å². The maximum absolute atomic E-state index is 13.3. The van der Waals surface area contributed by atoms with Gasteiger partial charge in [-0.1, -0.05) is 30.3 Å². The molecular formula is C28H29N3O5. The molecule has 0 spiro atoms. The number of anilines is 1. The van der Waals surface area contributed by atoms with Gasteiger partial charge in [-0.05, 0) is 48.2 Å². The molecule has 6 rings (SSSR count). The molecular weight excluding hydrogens is 458 g/mol. The Labute approximate surface area is 210 Å². The van der Waals surface area contributed by atoms with Gasteiger partial charge in [0.1, 0.15) is 11.6 Å². The van der Waals surface area contributed by atoms with Crippen molar-refractivity contribution in [1.29, 1.82) is 0 Å². The monoisotopic (exact) mass is 487 g/mol. The van der Waals surface area contributed by atoms with E-state index in [-0.39, 0.29) is 18.7 Å². The standard InChI is InChI=1S/C28H29N3O5/c1-33-22-5-3-2-4-21(22)26(31-12-14-34-15-13-31)19-6-9-25(29-17-19)30-27(32)28(10-11-28)20-7-8-23-24(16-20)36-18-35-23/h2-9,16-17,26H,10-15,18H2,1H3,(H,29,30,32). The third-order valence-electron chi connectivity index (χ3n) is 7.30. The Morgan fingerprint density at radius 1 is 1.06 bits per heavy atom. The molecule has 1 unspecified atom stereocenters. The number of hydrogen-bond donors (Lipinski definition) is 1. The number of nitrogens with one attached hydrogen (secondary N) is 1. The van der Waals surface area contributed by atoms with Gasteiger partial charge >= 0.3 is 0 Å². The van der Waals surface area contributed by atoms with Crippen molar-refractivity contribution in [2.75, 3.05) is 45.5 Å². The fourth-order valence-electron chi connectivity index (χ4n) is 5.16. The zero-order valence-corrected chi connectivity index (χ0v) is 20.2. The molecule has 0 radical (unpaired) electrons. The van der Waals surface area contributed by atoms with E-state index >= 15 is 0 Å². The van der Waals surface area contributed by atoms with E-state index in [4.69, 9.17) is 18.9 Å². The summed E-state index contributed by atoms with van der Waals surface area (Å²) in [7, 11) is 1.69. The summed E-state index contributed by atoms with van der Waals surface area (Å²) in [5, 5.41) is 3.04. The van der Waals surface area contributed by atoms with E-state index in [1.54, 1.807) is 7.11 Å². The fourth-order valence-corrected chi connectivity index (χ4v) is 5.16. The number of fused-ring (bicyclic) bond motifs is 1. The zero-order valence-electron chi connectivity index (χ0n) is 20.2. The first kappa shape index (κ1) is 22.8. The Morgan fingerprint density at radius 2 is 1.86 bits per heavy atom. The Hall–Kier alpha value is -3.62. The van der Waals surface area contributed by atoms with Crippen molar-refractivity contribution < 1.29 is 23.7 Å². The van der Waals surface area contributed by atoms with Crippen molar-refractivity contribution in [1.82, 2.24) is 9.88 Å². The lowest BCUT2D eigenvalue weighted by molar-refractivity contribution is -0.118. The summed E-state index contributed by atoms with van der Waals surface area (Å²) < 4.78 is 22.2. The average Bonchev–Trinajstić information content (AvgIpc) is 3.61. The van der Waals surface area contributed by atoms with Crippen molar-refractivity contribution in [3.05, 3.63) is 77.5 Å². The molecule has 186 valence electrons. The average molecular weight is 488 g/mol. The molecule has 2 fully saturated rings. The maximum atomic E-state index is 13.3. The van der Waals surface area contributed by atoms with E-state index in [9.17, 15) is 4.79 Å². The summed E-state index contributed by atoms with van der Waals surface area (Å²) in [6.07, 6.45) is 3.44. The van der Waals surface area contributed by atoms with Gasteiger partial charge in [0.25, 0.3) is 0 Å². The first-order valence-corrected chi connectivity index (χ1v) is 12.3. The third-order valence-corrected chi connectivity index (χ3v) is 7.30. The molecule has 8 heteroatoms. The molecule has 0 bridgehead atoms. The van der Waals surface area contributed by atoms with Crippen LogP contribution in [-0.2, 0) is 14.9 Å². The SMILES string of the molecule is COc1ccccc1C(c1ccc(NC(=O)C2(c3ccc4c(c3)OCO4)CC2)nc1)N1CCOCC1. The molecule has 1 saturated carbocycles. The van der Waals surface area contributed by atoms with E-state index in [1.165, 1.54) is 0 Å². The molecule has 2 aromatic carbocycles. The van der Waals surface area contributed by atoms with Crippen LogP contribution in [0, 0.1) is 0 Å². The number of hydrogen-bond acceptors (Lipinski definition) is 7. The number of morpholine rings is 1. The van der Waals surface area contributed by atoms with Gasteiger partial charge in [0.2, 0.25) is 12.7 Å². The van der Waals surface area contributed by atoms with Crippen LogP contribution in [0.2, 0.25) is 0 Å². The van der Waals surface area contributed by atoms with Crippen molar-refractivity contribution in [2.45, 2.75) is 24.3 Å². The van der Waals surface area contributed by atoms with Crippen molar-refractivity contribution in [3.63, 3.8) is 0 Å². The summed E-state index contributed by atoms with van der Waals surface area (Å²) >= 11 is 0. The highest BCUT2D eigenvalue weighted by atomic mass is 16.7. The second kappa shape index (κ2) is 9.44. The molecule has 1 N–H and O–H groups in total. The lowest BCUT2D eigenvalue weighted by atomic mass is 9.94. The minimum absolute atomic E-state index is 0.0225. The number of nitrogens with zero attached hydrogens (tertiary/aromatic N) is 2. The number of carbonyl (C=O) groups excluding carboxylic acids is 1. The van der Waals surface area contributed by atoms with Crippen molar-refractivity contribution in [2.24, 2.45) is 0 Å². The first-order chi connectivity index (χ1) is 17.7. The molecule has 1 atom stereocenters. The fraction of sp³-hybridized carbons (Fsp3) is 0.357. The summed E-state index contributed by atoms with van der Waals surface area (Å²) in [6.45, 7) is 3.23. The number of carbonyl (C=O) groups is 1. The maximum Gasteiger partial charge on any atom is 0.236 e. The predicted molar refractivity (Wildman–Crippen MR) is 134 cm³/mol. The lowest BCUT2D eigenvalue weighted by Crippen LogP contribution is -2.39. The number of methoxy groups -OCH3 is 1. The van der Waals surface area contributed by atoms with Crippen molar-refractivity contribution >= 4 is 11.7 Å². The first-order valence-electron chi connectivity index (χ1n) is 12.3. The van der Waals surface area contributed by atoms with Crippen LogP contribution in [0.25, 0.3) is 0 Å². The number of aromatic nitrogens is 1. The number of benzene rings is 2. The predicted octanol–water partition coefficient (Wildman–Crippen LogP) is 3.91. The minimum Gasteiger partial charge on any atom is -0.496 e. The molecule has 2 aliphatic heterocycles. The van der Waals surface area contributed by atoms with Crippen molar-refractivity contribution in [3.8, 4) is 17.2 Å². The molecule has 1 aromatic heterocycles. The topological polar surface area (TPSA) is 82.2 Å². The Bertz CT molecular complexity index is 1250. The highest BCUT2D eigenvalue weighted by Crippen LogP contribution is 2.51. The number of ether oxygens (including phenoxy) is 4. The van der Waals surface area contributed by atoms with Crippen LogP contribution in [-0.4, -0.2) is 56.0 Å². The second-order valence-electron chi connectivity index (χ2n) is 9.37. The second-order valence-corrected chi connectivity index (χ2v) is 9.37. The van der Waals surface area contributed by atoms with Crippen LogP contribution in [0.15, 0.2) is 60.8 Å². The highest BCUT2D eigenvalue weighted by molar-refractivity contribution is 6.01. The Balaban J connectivity index is 1.23. The molecule has 3 heterocycles. The van der Waals surface area contributed by atoms with Crippen LogP contribution in [0.3, 0.4) is 0 Å². The van der Waals surface area contributed by atoms with Gasteiger partial charge in [0.05, 0.1) is 31.8 Å². The zero-order chi connectivity index (χ0) is 24.5. The van der Waals surface area contributed by atoms with Crippen LogP contribution in [0.4, 0.5) is 5.82 Å². The molecule has 1 aliphatic carbocycles. The van der Waals surface area contributed by atoms with Gasteiger partial charge < -0.3 is 24.3 Å². The quantitative estimate of drug-likeness (QED) is 0.541. The van der Waals surface area contributed by atoms with E-state index in [2.05, 4.69) is 21.3 Å². The summed E-state index contributed by atoms with van der Waals surface area (Å²) in [6, 6.07) is 17.7. The van der Waals surface area contributed by atoms with E-state index in [0.29, 0.717) is 24.8 Å². The van der Waals surface area contributed by atoms with Crippen LogP contribution in [0.5, 0.6) is 17.2 Å². The molecule has 1 saturated heterocycles. The van der Waals surface area contributed by atoms with Gasteiger partial charge in [-0.3, -0.25) is 9.69 Å². The Morgan fingerprint density at radius 3 is 2.61 bits per heavy atom. The van der Waals surface area contributed by atoms with Crippen LogP contribution >= 0.6 is 0 Å².